The van der Waals surface area contributed by atoms with E-state index in [1.807, 2.05) is 0 Å². The molecule has 2 aromatic carbocycles. The molecule has 1 saturated heterocycles. The van der Waals surface area contributed by atoms with Gasteiger partial charge in [0, 0.05) is 6.07 Å². The molecule has 1 amide bonds. The first kappa shape index (κ1) is 20.0. The van der Waals surface area contributed by atoms with E-state index in [1.165, 1.54) is 23.8 Å². The highest BCUT2D eigenvalue weighted by Gasteiger charge is 2.34. The molecule has 10 heteroatoms. The summed E-state index contributed by atoms with van der Waals surface area (Å²) in [6, 6.07) is 10.1. The number of carboxylic acids is 1. The van der Waals surface area contributed by atoms with Gasteiger partial charge >= 0.3 is 5.97 Å². The van der Waals surface area contributed by atoms with Gasteiger partial charge in [-0.3, -0.25) is 9.69 Å². The van der Waals surface area contributed by atoms with Gasteiger partial charge in [0.2, 0.25) is 6.79 Å². The number of amides is 1. The molecule has 1 N–H and O–H groups in total. The summed E-state index contributed by atoms with van der Waals surface area (Å²) in [5.74, 6) is 0.493. The van der Waals surface area contributed by atoms with Crippen molar-refractivity contribution in [2.75, 3.05) is 25.4 Å². The number of rotatable bonds is 6. The summed E-state index contributed by atoms with van der Waals surface area (Å²) in [5, 5.41) is 8.76. The van der Waals surface area contributed by atoms with Crippen LogP contribution in [0.4, 0.5) is 5.69 Å². The van der Waals surface area contributed by atoms with Crippen LogP contribution >= 0.6 is 24.0 Å². The number of carbonyl (C=O) groups excluding carboxylic acids is 1. The average Bonchev–Trinajstić information content (AvgIpc) is 3.30. The number of carboxylic acid groups (broad SMARTS) is 1. The second kappa shape index (κ2) is 8.25. The van der Waals surface area contributed by atoms with Gasteiger partial charge in [0.15, 0.2) is 33.9 Å². The molecule has 2 aromatic rings. The normalized spacial score (nSPS) is 16.3. The van der Waals surface area contributed by atoms with Crippen LogP contribution in [0.2, 0.25) is 0 Å². The molecule has 2 aliphatic rings. The Hall–Kier alpha value is -3.24. The van der Waals surface area contributed by atoms with Gasteiger partial charge in [0.05, 0.1) is 17.7 Å². The Morgan fingerprint density at radius 2 is 2.03 bits per heavy atom. The van der Waals surface area contributed by atoms with Gasteiger partial charge in [0.25, 0.3) is 5.91 Å². The van der Waals surface area contributed by atoms with E-state index >= 15 is 0 Å². The third kappa shape index (κ3) is 3.91. The van der Waals surface area contributed by atoms with E-state index in [2.05, 4.69) is 0 Å². The number of carbonyl (C=O) groups is 2. The van der Waals surface area contributed by atoms with Gasteiger partial charge in [-0.1, -0.05) is 30.0 Å². The summed E-state index contributed by atoms with van der Waals surface area (Å²) in [4.78, 5) is 25.6. The van der Waals surface area contributed by atoms with E-state index in [4.69, 9.17) is 36.3 Å². The van der Waals surface area contributed by atoms with Gasteiger partial charge in [-0.2, -0.15) is 0 Å². The number of nitrogens with zero attached hydrogens (tertiary/aromatic N) is 1. The Balaban J connectivity index is 1.58. The molecule has 0 saturated carbocycles. The first-order valence-corrected chi connectivity index (χ1v) is 9.89. The van der Waals surface area contributed by atoms with Crippen molar-refractivity contribution < 1.29 is 33.6 Å². The van der Waals surface area contributed by atoms with Crippen molar-refractivity contribution in [2.45, 2.75) is 0 Å². The number of benzene rings is 2. The first-order chi connectivity index (χ1) is 14.5. The van der Waals surface area contributed by atoms with Crippen molar-refractivity contribution in [1.82, 2.24) is 0 Å². The lowest BCUT2D eigenvalue weighted by Gasteiger charge is -2.14. The van der Waals surface area contributed by atoms with Gasteiger partial charge in [0.1, 0.15) is 0 Å². The van der Waals surface area contributed by atoms with Crippen LogP contribution in [0.25, 0.3) is 6.08 Å². The molecule has 1 fully saturated rings. The lowest BCUT2D eigenvalue weighted by atomic mass is 10.1. The van der Waals surface area contributed by atoms with Gasteiger partial charge in [-0.05, 0) is 35.9 Å². The zero-order chi connectivity index (χ0) is 21.3. The van der Waals surface area contributed by atoms with Crippen molar-refractivity contribution in [2.24, 2.45) is 0 Å². The number of thiocarbonyl (C=S) groups is 1. The minimum atomic E-state index is -1.09. The van der Waals surface area contributed by atoms with E-state index in [0.29, 0.717) is 43.5 Å². The minimum absolute atomic E-state index is 0.144. The molecule has 0 atom stereocenters. The molecular formula is C20H15NO7S2. The third-order valence-electron chi connectivity index (χ3n) is 4.24. The molecule has 154 valence electrons. The van der Waals surface area contributed by atoms with Crippen LogP contribution < -0.4 is 23.8 Å². The third-order valence-corrected chi connectivity index (χ3v) is 5.55. The molecule has 2 heterocycles. The Morgan fingerprint density at radius 3 is 2.80 bits per heavy atom. The quantitative estimate of drug-likeness (QED) is 0.531. The predicted molar refractivity (Wildman–Crippen MR) is 114 cm³/mol. The van der Waals surface area contributed by atoms with E-state index in [0.717, 1.165) is 0 Å². The van der Waals surface area contributed by atoms with Crippen molar-refractivity contribution in [1.29, 1.82) is 0 Å². The number of methoxy groups -OCH3 is 1. The fourth-order valence-corrected chi connectivity index (χ4v) is 4.20. The van der Waals surface area contributed by atoms with E-state index in [9.17, 15) is 9.59 Å². The maximum Gasteiger partial charge on any atom is 0.341 e. The number of fused-ring (bicyclic) bond motifs is 1. The fourth-order valence-electron chi connectivity index (χ4n) is 2.90. The molecule has 0 unspecified atom stereocenters. The van der Waals surface area contributed by atoms with E-state index in [-0.39, 0.29) is 12.7 Å². The summed E-state index contributed by atoms with van der Waals surface area (Å²) in [5.41, 5.74) is 1.28. The van der Waals surface area contributed by atoms with Crippen molar-refractivity contribution >= 4 is 51.9 Å². The van der Waals surface area contributed by atoms with Crippen molar-refractivity contribution in [3.05, 3.63) is 46.9 Å². The largest absolute Gasteiger partial charge is 0.493 e. The first-order valence-electron chi connectivity index (χ1n) is 8.66. The summed E-state index contributed by atoms with van der Waals surface area (Å²) in [7, 11) is 1.45. The van der Waals surface area contributed by atoms with Crippen LogP contribution in [-0.2, 0) is 9.59 Å². The van der Waals surface area contributed by atoms with Crippen LogP contribution in [0.15, 0.2) is 41.3 Å². The fraction of sp³-hybridized carbons (Fsp3) is 0.150. The van der Waals surface area contributed by atoms with Crippen LogP contribution in [0.5, 0.6) is 23.0 Å². The highest BCUT2D eigenvalue weighted by molar-refractivity contribution is 8.27. The standard InChI is InChI=1S/C20H15NO7S2/c1-25-15-6-11(2-4-13(15)26-9-18(22)23)7-17-19(24)21(20(29)30-17)12-3-5-14-16(8-12)28-10-27-14/h2-8H,9-10H2,1H3,(H,22,23)/b17-7+. The molecule has 30 heavy (non-hydrogen) atoms. The van der Waals surface area contributed by atoms with E-state index in [1.54, 1.807) is 42.5 Å². The van der Waals surface area contributed by atoms with Crippen LogP contribution in [0, 0.1) is 0 Å². The number of thioether (sulfide) groups is 1. The number of aliphatic carboxylic acids is 1. The Bertz CT molecular complexity index is 1080. The maximum atomic E-state index is 13.0. The molecule has 0 bridgehead atoms. The van der Waals surface area contributed by atoms with Crippen molar-refractivity contribution in [3.8, 4) is 23.0 Å². The molecule has 0 aromatic heterocycles. The molecule has 8 nitrogen and oxygen atoms in total. The zero-order valence-corrected chi connectivity index (χ0v) is 17.2. The summed E-state index contributed by atoms with van der Waals surface area (Å²) in [6.07, 6.45) is 1.69. The second-order valence-electron chi connectivity index (χ2n) is 6.15. The van der Waals surface area contributed by atoms with Crippen molar-refractivity contribution in [3.63, 3.8) is 0 Å². The smallest absolute Gasteiger partial charge is 0.341 e. The van der Waals surface area contributed by atoms with Gasteiger partial charge < -0.3 is 24.1 Å². The van der Waals surface area contributed by atoms with Gasteiger partial charge in [-0.25, -0.2) is 4.79 Å². The Kier molecular flexibility index (Phi) is 5.51. The highest BCUT2D eigenvalue weighted by atomic mass is 32.2. The number of hydrogen-bond acceptors (Lipinski definition) is 8. The maximum absolute atomic E-state index is 13.0. The summed E-state index contributed by atoms with van der Waals surface area (Å²) < 4.78 is 21.5. The van der Waals surface area contributed by atoms with Crippen LogP contribution in [-0.4, -0.2) is 41.8 Å². The molecule has 0 aliphatic carbocycles. The number of ether oxygens (including phenoxy) is 4. The monoisotopic (exact) mass is 445 g/mol. The average molecular weight is 445 g/mol. The Morgan fingerprint density at radius 1 is 1.23 bits per heavy atom. The second-order valence-corrected chi connectivity index (χ2v) is 7.82. The topological polar surface area (TPSA) is 94.5 Å². The molecular weight excluding hydrogens is 430 g/mol. The Labute approximate surface area is 181 Å². The van der Waals surface area contributed by atoms with E-state index < -0.39 is 12.6 Å². The summed E-state index contributed by atoms with van der Waals surface area (Å²) >= 11 is 6.59. The minimum Gasteiger partial charge on any atom is -0.493 e. The number of anilines is 1. The zero-order valence-electron chi connectivity index (χ0n) is 15.6. The molecule has 4 rings (SSSR count). The van der Waals surface area contributed by atoms with Gasteiger partial charge in [-0.15, -0.1) is 0 Å². The molecule has 0 spiro atoms. The summed E-state index contributed by atoms with van der Waals surface area (Å²) in [6.45, 7) is -0.338. The molecule has 0 radical (unpaired) electrons. The van der Waals surface area contributed by atoms with Crippen LogP contribution in [0.1, 0.15) is 5.56 Å². The lowest BCUT2D eigenvalue weighted by molar-refractivity contribution is -0.139. The lowest BCUT2D eigenvalue weighted by Crippen LogP contribution is -2.27. The SMILES string of the molecule is COc1cc(/C=C2/SC(=S)N(c3ccc4c(c3)OCO4)C2=O)ccc1OCC(=O)O. The number of hydrogen-bond donors (Lipinski definition) is 1. The molecule has 2 aliphatic heterocycles. The predicted octanol–water partition coefficient (Wildman–Crippen LogP) is 3.29. The van der Waals surface area contributed by atoms with Crippen LogP contribution in [0.3, 0.4) is 0 Å². The highest BCUT2D eigenvalue weighted by Crippen LogP contribution is 2.41.